The lowest BCUT2D eigenvalue weighted by atomic mass is 9.97. The zero-order valence-corrected chi connectivity index (χ0v) is 11.9. The van der Waals surface area contributed by atoms with Crippen molar-refractivity contribution >= 4 is 29.1 Å². The van der Waals surface area contributed by atoms with Crippen molar-refractivity contribution in [2.24, 2.45) is 5.16 Å². The number of fused-ring (bicyclic) bond motifs is 1. The van der Waals surface area contributed by atoms with Crippen LogP contribution in [0.5, 0.6) is 0 Å². The molecule has 0 saturated heterocycles. The maximum Gasteiger partial charge on any atom is 0.437 e. The van der Waals surface area contributed by atoms with Crippen molar-refractivity contribution in [3.05, 3.63) is 52.9 Å². The highest BCUT2D eigenvalue weighted by Gasteiger charge is 2.19. The molecule has 1 amide bonds. The van der Waals surface area contributed by atoms with Crippen molar-refractivity contribution in [2.75, 3.05) is 5.32 Å². The monoisotopic (exact) mass is 304 g/mol. The number of aryl methyl sites for hydroxylation is 1. The first-order valence-electron chi connectivity index (χ1n) is 6.59. The topological polar surface area (TPSA) is 63.8 Å². The van der Waals surface area contributed by atoms with Crippen LogP contribution in [0, 0.1) is 0 Å². The molecular formula is C15H13ClN2O3. The van der Waals surface area contributed by atoms with E-state index in [1.807, 2.05) is 6.07 Å². The first-order valence-corrected chi connectivity index (χ1v) is 6.97. The number of carbonyl (C=O) groups is 1. The van der Waals surface area contributed by atoms with E-state index in [0.29, 0.717) is 10.7 Å². The van der Waals surface area contributed by atoms with E-state index in [2.05, 4.69) is 10.5 Å². The Hall–Kier alpha value is -2.27. The van der Waals surface area contributed by atoms with Crippen molar-refractivity contribution in [1.29, 1.82) is 0 Å². The minimum absolute atomic E-state index is 0.537. The lowest BCUT2D eigenvalue weighted by Crippen LogP contribution is -2.14. The number of nitrogens with zero attached hydrogens (tertiary/aromatic N) is 1. The van der Waals surface area contributed by atoms with E-state index in [1.54, 1.807) is 30.5 Å². The zero-order chi connectivity index (χ0) is 14.7. The first-order chi connectivity index (χ1) is 10.2. The third-order valence-corrected chi connectivity index (χ3v) is 3.42. The molecule has 0 spiro atoms. The Morgan fingerprint density at radius 1 is 1.33 bits per heavy atom. The van der Waals surface area contributed by atoms with E-state index < -0.39 is 6.09 Å². The molecule has 1 aliphatic carbocycles. The van der Waals surface area contributed by atoms with Gasteiger partial charge in [0.25, 0.3) is 0 Å². The van der Waals surface area contributed by atoms with Gasteiger partial charge in [-0.3, -0.25) is 10.2 Å². The average molecular weight is 305 g/mol. The SMILES string of the molecule is O=C(Nc1cccc(Cl)c1)ON=C1CCCc2occc21. The molecule has 108 valence electrons. The highest BCUT2D eigenvalue weighted by Crippen LogP contribution is 2.23. The first kappa shape index (κ1) is 13.7. The van der Waals surface area contributed by atoms with Crippen molar-refractivity contribution < 1.29 is 14.0 Å². The summed E-state index contributed by atoms with van der Waals surface area (Å²) in [7, 11) is 0. The highest BCUT2D eigenvalue weighted by molar-refractivity contribution is 6.30. The number of hydrogen-bond acceptors (Lipinski definition) is 4. The Labute approximate surface area is 126 Å². The number of hydrogen-bond donors (Lipinski definition) is 1. The Balaban J connectivity index is 1.65. The van der Waals surface area contributed by atoms with E-state index in [4.69, 9.17) is 20.9 Å². The van der Waals surface area contributed by atoms with E-state index in [0.717, 1.165) is 36.3 Å². The Morgan fingerprint density at radius 3 is 3.10 bits per heavy atom. The molecule has 1 aromatic carbocycles. The second-order valence-corrected chi connectivity index (χ2v) is 5.10. The molecule has 0 fully saturated rings. The fourth-order valence-corrected chi connectivity index (χ4v) is 2.43. The summed E-state index contributed by atoms with van der Waals surface area (Å²) in [5.74, 6) is 0.888. The van der Waals surface area contributed by atoms with Gasteiger partial charge in [0.05, 0.1) is 12.0 Å². The van der Waals surface area contributed by atoms with Gasteiger partial charge < -0.3 is 4.42 Å². The second kappa shape index (κ2) is 6.01. The molecule has 6 heteroatoms. The Morgan fingerprint density at radius 2 is 2.24 bits per heavy atom. The molecule has 0 aliphatic heterocycles. The quantitative estimate of drug-likeness (QED) is 0.667. The summed E-state index contributed by atoms with van der Waals surface area (Å²) in [6.07, 6.45) is 3.55. The van der Waals surface area contributed by atoms with Crippen molar-refractivity contribution in [3.63, 3.8) is 0 Å². The molecular weight excluding hydrogens is 292 g/mol. The second-order valence-electron chi connectivity index (χ2n) is 4.66. The molecule has 1 aliphatic rings. The van der Waals surface area contributed by atoms with Gasteiger partial charge in [0.1, 0.15) is 5.76 Å². The Bertz CT molecular complexity index is 694. The van der Waals surface area contributed by atoms with Crippen LogP contribution in [0.1, 0.15) is 24.2 Å². The number of furan rings is 1. The van der Waals surface area contributed by atoms with Gasteiger partial charge in [0.15, 0.2) is 0 Å². The van der Waals surface area contributed by atoms with Gasteiger partial charge in [-0.25, -0.2) is 4.79 Å². The van der Waals surface area contributed by atoms with Crippen LogP contribution in [0.25, 0.3) is 0 Å². The molecule has 0 atom stereocenters. The van der Waals surface area contributed by atoms with Gasteiger partial charge in [0.2, 0.25) is 0 Å². The highest BCUT2D eigenvalue weighted by atomic mass is 35.5. The summed E-state index contributed by atoms with van der Waals surface area (Å²) in [5, 5.41) is 7.03. The van der Waals surface area contributed by atoms with Crippen molar-refractivity contribution in [3.8, 4) is 0 Å². The van der Waals surface area contributed by atoms with Crippen LogP contribution in [0.15, 0.2) is 46.2 Å². The summed E-state index contributed by atoms with van der Waals surface area (Å²) >= 11 is 5.84. The van der Waals surface area contributed by atoms with Crippen molar-refractivity contribution in [2.45, 2.75) is 19.3 Å². The molecule has 0 saturated carbocycles. The van der Waals surface area contributed by atoms with E-state index in [-0.39, 0.29) is 0 Å². The fourth-order valence-electron chi connectivity index (χ4n) is 2.24. The molecule has 2 aromatic rings. The minimum atomic E-state index is -0.652. The van der Waals surface area contributed by atoms with Gasteiger partial charge in [-0.05, 0) is 37.1 Å². The molecule has 1 aromatic heterocycles. The number of nitrogens with one attached hydrogen (secondary N) is 1. The summed E-state index contributed by atoms with van der Waals surface area (Å²) in [6.45, 7) is 0. The number of oxime groups is 1. The standard InChI is InChI=1S/C15H13ClN2O3/c16-10-3-1-4-11(9-10)17-15(19)21-18-13-5-2-6-14-12(13)7-8-20-14/h1,3-4,7-9H,2,5-6H2,(H,17,19). The molecule has 0 radical (unpaired) electrons. The number of amides is 1. The van der Waals surface area contributed by atoms with Crippen LogP contribution in [-0.4, -0.2) is 11.8 Å². The summed E-state index contributed by atoms with van der Waals surface area (Å²) in [6, 6.07) is 8.65. The fraction of sp³-hybridized carbons (Fsp3) is 0.200. The third kappa shape index (κ3) is 3.25. The lowest BCUT2D eigenvalue weighted by molar-refractivity contribution is 0.166. The van der Waals surface area contributed by atoms with Gasteiger partial charge >= 0.3 is 6.09 Å². The zero-order valence-electron chi connectivity index (χ0n) is 11.1. The maximum atomic E-state index is 11.7. The molecule has 1 N–H and O–H groups in total. The molecule has 0 bridgehead atoms. The van der Waals surface area contributed by atoms with Gasteiger partial charge in [-0.1, -0.05) is 22.8 Å². The normalized spacial score (nSPS) is 15.6. The van der Waals surface area contributed by atoms with E-state index in [9.17, 15) is 4.79 Å². The third-order valence-electron chi connectivity index (χ3n) is 3.18. The van der Waals surface area contributed by atoms with Crippen LogP contribution in [0.3, 0.4) is 0 Å². The minimum Gasteiger partial charge on any atom is -0.469 e. The van der Waals surface area contributed by atoms with E-state index in [1.165, 1.54) is 0 Å². The summed E-state index contributed by atoms with van der Waals surface area (Å²) < 4.78 is 5.35. The van der Waals surface area contributed by atoms with E-state index >= 15 is 0 Å². The van der Waals surface area contributed by atoms with Crippen LogP contribution in [0.2, 0.25) is 5.02 Å². The van der Waals surface area contributed by atoms with Crippen LogP contribution >= 0.6 is 11.6 Å². The van der Waals surface area contributed by atoms with Crippen LogP contribution < -0.4 is 5.32 Å². The molecule has 5 nitrogen and oxygen atoms in total. The average Bonchev–Trinajstić information content (AvgIpc) is 2.94. The molecule has 1 heterocycles. The van der Waals surface area contributed by atoms with Crippen molar-refractivity contribution in [1.82, 2.24) is 0 Å². The molecule has 0 unspecified atom stereocenters. The molecule has 3 rings (SSSR count). The number of carbonyl (C=O) groups excluding carboxylic acids is 1. The smallest absolute Gasteiger partial charge is 0.437 e. The van der Waals surface area contributed by atoms with Gasteiger partial charge in [-0.15, -0.1) is 0 Å². The van der Waals surface area contributed by atoms with Gasteiger partial charge in [-0.2, -0.15) is 0 Å². The maximum absolute atomic E-state index is 11.7. The number of anilines is 1. The lowest BCUT2D eigenvalue weighted by Gasteiger charge is -2.11. The molecule has 21 heavy (non-hydrogen) atoms. The predicted molar refractivity (Wildman–Crippen MR) is 79.7 cm³/mol. The largest absolute Gasteiger partial charge is 0.469 e. The van der Waals surface area contributed by atoms with Crippen LogP contribution in [0.4, 0.5) is 10.5 Å². The number of rotatable bonds is 2. The summed E-state index contributed by atoms with van der Waals surface area (Å²) in [4.78, 5) is 16.6. The summed E-state index contributed by atoms with van der Waals surface area (Å²) in [5.41, 5.74) is 2.20. The predicted octanol–water partition coefficient (Wildman–Crippen LogP) is 4.22. The van der Waals surface area contributed by atoms with Gasteiger partial charge in [0, 0.05) is 22.7 Å². The number of halogens is 1. The number of benzene rings is 1. The Kier molecular flexibility index (Phi) is 3.92. The van der Waals surface area contributed by atoms with Crippen LogP contribution in [-0.2, 0) is 11.3 Å².